The molecule has 2 aromatic carbocycles. The van der Waals surface area contributed by atoms with Gasteiger partial charge in [0.25, 0.3) is 0 Å². The zero-order valence-electron chi connectivity index (χ0n) is 26.6. The predicted molar refractivity (Wildman–Crippen MR) is 181 cm³/mol. The number of nitrogens with one attached hydrogen (secondary N) is 1. The number of aliphatic carboxylic acids is 1. The summed E-state index contributed by atoms with van der Waals surface area (Å²) in [7, 11) is 0. The Kier molecular flexibility index (Phi) is 10.9. The van der Waals surface area contributed by atoms with E-state index in [0.29, 0.717) is 23.9 Å². The second-order valence-corrected chi connectivity index (χ2v) is 13.4. The highest BCUT2D eigenvalue weighted by molar-refractivity contribution is 7.22. The number of nitrogens with zero attached hydrogens (tertiary/aromatic N) is 5. The number of carboxylic acid groups (broad SMARTS) is 1. The van der Waals surface area contributed by atoms with E-state index in [0.717, 1.165) is 69.4 Å². The molecule has 0 radical (unpaired) electrons. The van der Waals surface area contributed by atoms with E-state index in [9.17, 15) is 22.7 Å². The van der Waals surface area contributed by atoms with Gasteiger partial charge in [0, 0.05) is 28.9 Å². The monoisotopic (exact) mass is 732 g/mol. The number of anilines is 2. The molecule has 1 fully saturated rings. The number of halogens is 5. The van der Waals surface area contributed by atoms with Gasteiger partial charge >= 0.3 is 12.1 Å². The second-order valence-electron chi connectivity index (χ2n) is 12.0. The number of hydrogen-bond acceptors (Lipinski definition) is 9. The average molecular weight is 733 g/mol. The molecule has 3 N–H and O–H groups in total. The summed E-state index contributed by atoms with van der Waals surface area (Å²) in [6.07, 6.45) is 3.48. The van der Waals surface area contributed by atoms with Crippen LogP contribution in [0.2, 0.25) is 5.02 Å². The molecule has 1 saturated heterocycles. The molecule has 0 amide bonds. The molecule has 0 saturated carbocycles. The fraction of sp³-hybridized carbons (Fsp3) is 0.353. The molecule has 2 aliphatic rings. The van der Waals surface area contributed by atoms with Crippen LogP contribution >= 0.6 is 22.9 Å². The number of ether oxygens (including phenoxy) is 1. The number of piperidine rings is 1. The highest BCUT2D eigenvalue weighted by atomic mass is 35.5. The van der Waals surface area contributed by atoms with Crippen LogP contribution in [0, 0.1) is 5.82 Å². The van der Waals surface area contributed by atoms with Crippen molar-refractivity contribution >= 4 is 50.6 Å². The number of hydrogen-bond donors (Lipinski definition) is 3. The van der Waals surface area contributed by atoms with Crippen LogP contribution in [0.15, 0.2) is 55.0 Å². The van der Waals surface area contributed by atoms with Crippen LogP contribution < -0.4 is 10.1 Å². The van der Waals surface area contributed by atoms with Crippen molar-refractivity contribution in [2.45, 2.75) is 57.5 Å². The molecule has 16 heteroatoms. The van der Waals surface area contributed by atoms with Gasteiger partial charge in [-0.3, -0.25) is 4.68 Å². The minimum Gasteiger partial charge on any atom is -0.487 e. The van der Waals surface area contributed by atoms with Crippen LogP contribution in [0.25, 0.3) is 20.7 Å². The van der Waals surface area contributed by atoms with Crippen molar-refractivity contribution in [2.75, 3.05) is 25.0 Å². The molecule has 1 aliphatic carbocycles. The lowest BCUT2D eigenvalue weighted by atomic mass is 9.95. The van der Waals surface area contributed by atoms with Crippen LogP contribution in [0.3, 0.4) is 0 Å². The van der Waals surface area contributed by atoms with Gasteiger partial charge in [-0.2, -0.15) is 18.3 Å². The number of β-amino-alcohol motifs (C(OH)–C–C–N with tert-alkyl or cyclic N) is 1. The topological polar surface area (TPSA) is 126 Å². The van der Waals surface area contributed by atoms with Crippen molar-refractivity contribution in [1.82, 2.24) is 24.6 Å². The standard InChI is InChI=1S/C32H32ClFN6O2S.C2HF3O2/c33-26-14-22(7-10-28(26)42-18-20-5-4-6-21(34)13-20)37-31-29-24-8-9-27-25(30(24)43-32(29)36-19-35-31)17-40(38-27)16-23(41)15-39-11-2-1-3-12-39;3-2(4,5)1(6)7/h4-7,10,13-14,17,19,23,41H,1-3,8-9,11-12,15-16,18H2,(H,35,36,37);(H,6,7)/t23-;/m1./s1. The van der Waals surface area contributed by atoms with E-state index in [2.05, 4.69) is 26.4 Å². The summed E-state index contributed by atoms with van der Waals surface area (Å²) in [5.41, 5.74) is 4.89. The maximum atomic E-state index is 13.5. The lowest BCUT2D eigenvalue weighted by molar-refractivity contribution is -0.192. The molecule has 5 aromatic rings. The Morgan fingerprint density at radius 2 is 1.86 bits per heavy atom. The number of thiophene rings is 1. The predicted octanol–water partition coefficient (Wildman–Crippen LogP) is 7.25. The first-order valence-corrected chi connectivity index (χ1v) is 17.1. The number of carboxylic acids is 1. The van der Waals surface area contributed by atoms with Crippen molar-refractivity contribution in [3.8, 4) is 16.2 Å². The molecular weight excluding hydrogens is 700 g/mol. The third-order valence-electron chi connectivity index (χ3n) is 8.32. The maximum absolute atomic E-state index is 13.5. The van der Waals surface area contributed by atoms with Gasteiger partial charge in [0.1, 0.15) is 35.1 Å². The largest absolute Gasteiger partial charge is 0.490 e. The molecule has 0 unspecified atom stereocenters. The van der Waals surface area contributed by atoms with Crippen molar-refractivity contribution in [3.63, 3.8) is 0 Å². The number of aromatic nitrogens is 4. The molecule has 0 bridgehead atoms. The second kappa shape index (κ2) is 15.3. The molecule has 10 nitrogen and oxygen atoms in total. The van der Waals surface area contributed by atoms with Gasteiger partial charge in [-0.05, 0) is 80.2 Å². The van der Waals surface area contributed by atoms with Crippen LogP contribution in [0.1, 0.15) is 36.1 Å². The number of fused-ring (bicyclic) bond motifs is 5. The minimum absolute atomic E-state index is 0.216. The summed E-state index contributed by atoms with van der Waals surface area (Å²) in [4.78, 5) is 22.5. The minimum atomic E-state index is -5.08. The van der Waals surface area contributed by atoms with E-state index in [1.54, 1.807) is 35.9 Å². The van der Waals surface area contributed by atoms with Crippen LogP contribution in [0.5, 0.6) is 5.75 Å². The number of rotatable bonds is 9. The zero-order chi connectivity index (χ0) is 35.4. The summed E-state index contributed by atoms with van der Waals surface area (Å²) in [6.45, 7) is 3.52. The number of aliphatic hydroxyl groups excluding tert-OH is 1. The van der Waals surface area contributed by atoms with Crippen LogP contribution in [0.4, 0.5) is 29.1 Å². The van der Waals surface area contributed by atoms with E-state index in [4.69, 9.17) is 31.3 Å². The fourth-order valence-electron chi connectivity index (χ4n) is 6.05. The quantitative estimate of drug-likeness (QED) is 0.134. The van der Waals surface area contributed by atoms with Crippen LogP contribution in [-0.4, -0.2) is 72.7 Å². The fourth-order valence-corrected chi connectivity index (χ4v) is 7.51. The zero-order valence-corrected chi connectivity index (χ0v) is 28.2. The third kappa shape index (κ3) is 8.52. The molecule has 0 spiro atoms. The molecule has 1 aliphatic heterocycles. The van der Waals surface area contributed by atoms with E-state index < -0.39 is 18.2 Å². The van der Waals surface area contributed by atoms with Crippen LogP contribution in [-0.2, 0) is 30.8 Å². The Morgan fingerprint density at radius 1 is 1.08 bits per heavy atom. The molecule has 4 heterocycles. The Hall–Kier alpha value is -4.31. The van der Waals surface area contributed by atoms with Crippen molar-refractivity contribution in [3.05, 3.63) is 82.6 Å². The lowest BCUT2D eigenvalue weighted by Crippen LogP contribution is -2.38. The average Bonchev–Trinajstić information content (AvgIpc) is 3.66. The summed E-state index contributed by atoms with van der Waals surface area (Å²) in [6, 6.07) is 11.8. The first kappa shape index (κ1) is 35.5. The Bertz CT molecular complexity index is 1980. The number of benzene rings is 2. The van der Waals surface area contributed by atoms with Gasteiger partial charge in [0.05, 0.1) is 28.8 Å². The van der Waals surface area contributed by atoms with Gasteiger partial charge in [-0.25, -0.2) is 19.2 Å². The molecule has 50 heavy (non-hydrogen) atoms. The van der Waals surface area contributed by atoms with Crippen molar-refractivity contribution in [1.29, 1.82) is 0 Å². The maximum Gasteiger partial charge on any atom is 0.490 e. The first-order valence-electron chi connectivity index (χ1n) is 15.9. The number of alkyl halides is 3. The highest BCUT2D eigenvalue weighted by Crippen LogP contribution is 2.45. The number of likely N-dealkylation sites (tertiary alicyclic amines) is 1. The Morgan fingerprint density at radius 3 is 2.58 bits per heavy atom. The summed E-state index contributed by atoms with van der Waals surface area (Å²) in [5, 5.41) is 27.6. The molecular formula is C34H33ClF4N6O4S. The van der Waals surface area contributed by atoms with Gasteiger partial charge < -0.3 is 25.2 Å². The SMILES string of the molecule is O=C(O)C(F)(F)F.O[C@H](CN1CCCCC1)Cn1cc2c(n1)CCc1c-2sc2ncnc(Nc3ccc(OCc4cccc(F)c4)c(Cl)c3)c12. The van der Waals surface area contributed by atoms with Crippen molar-refractivity contribution < 1.29 is 37.3 Å². The smallest absolute Gasteiger partial charge is 0.487 e. The summed E-state index contributed by atoms with van der Waals surface area (Å²) < 4.78 is 53.0. The van der Waals surface area contributed by atoms with E-state index in [-0.39, 0.29) is 12.4 Å². The first-order chi connectivity index (χ1) is 23.9. The van der Waals surface area contributed by atoms with E-state index in [1.165, 1.54) is 37.0 Å². The third-order valence-corrected chi connectivity index (χ3v) is 9.79. The highest BCUT2D eigenvalue weighted by Gasteiger charge is 2.38. The van der Waals surface area contributed by atoms with E-state index >= 15 is 0 Å². The number of aryl methyl sites for hydroxylation is 2. The molecule has 7 rings (SSSR count). The molecule has 3 aromatic heterocycles. The Labute approximate surface area is 293 Å². The van der Waals surface area contributed by atoms with Gasteiger partial charge in [-0.1, -0.05) is 30.2 Å². The number of aliphatic hydroxyl groups is 1. The molecule has 1 atom stereocenters. The van der Waals surface area contributed by atoms with Gasteiger partial charge in [-0.15, -0.1) is 11.3 Å². The van der Waals surface area contributed by atoms with Crippen molar-refractivity contribution in [2.24, 2.45) is 0 Å². The van der Waals surface area contributed by atoms with Gasteiger partial charge in [0.2, 0.25) is 0 Å². The van der Waals surface area contributed by atoms with E-state index in [1.807, 2.05) is 16.8 Å². The molecule has 264 valence electrons. The summed E-state index contributed by atoms with van der Waals surface area (Å²) >= 11 is 8.21. The Balaban J connectivity index is 0.000000561. The number of carbonyl (C=O) groups is 1. The van der Waals surface area contributed by atoms with Gasteiger partial charge in [0.15, 0.2) is 0 Å². The normalized spacial score (nSPS) is 15.1. The summed E-state index contributed by atoms with van der Waals surface area (Å²) in [5.74, 6) is -1.82. The lowest BCUT2D eigenvalue weighted by Gasteiger charge is -2.28.